The number of alkyl halides is 3. The molecule has 0 aliphatic heterocycles. The van der Waals surface area contributed by atoms with Crippen molar-refractivity contribution in [2.24, 2.45) is 0 Å². The minimum atomic E-state index is -4.60. The molecule has 8 heteroatoms. The van der Waals surface area contributed by atoms with E-state index in [-0.39, 0.29) is 24.5 Å². The number of hydrogen-bond donors (Lipinski definition) is 2. The number of rotatable bonds is 5. The molecule has 146 valence electrons. The van der Waals surface area contributed by atoms with Crippen LogP contribution in [-0.4, -0.2) is 16.0 Å². The zero-order chi connectivity index (χ0) is 20.1. The highest BCUT2D eigenvalue weighted by molar-refractivity contribution is 5.90. The summed E-state index contributed by atoms with van der Waals surface area (Å²) in [5.74, 6) is 0.435. The molecule has 0 bridgehead atoms. The Bertz CT molecular complexity index is 940. The van der Waals surface area contributed by atoms with Crippen LogP contribution in [0.5, 0.6) is 5.75 Å². The summed E-state index contributed by atoms with van der Waals surface area (Å²) in [5, 5.41) is 12.3. The van der Waals surface area contributed by atoms with Crippen LogP contribution in [0, 0.1) is 0 Å². The molecule has 0 aliphatic carbocycles. The Morgan fingerprint density at radius 3 is 2.39 bits per heavy atom. The van der Waals surface area contributed by atoms with E-state index in [1.165, 1.54) is 35.4 Å². The van der Waals surface area contributed by atoms with Crippen LogP contribution < -0.4 is 5.32 Å². The number of nitrogens with zero attached hydrogens (tertiary/aromatic N) is 1. The van der Waals surface area contributed by atoms with Gasteiger partial charge in [-0.05, 0) is 30.3 Å². The maximum absolute atomic E-state index is 13.2. The smallest absolute Gasteiger partial charge is 0.418 e. The van der Waals surface area contributed by atoms with Gasteiger partial charge in [-0.2, -0.15) is 13.2 Å². The number of carbonyl (C=O) groups excluding carboxylic acids is 1. The molecule has 1 heterocycles. The van der Waals surface area contributed by atoms with Crippen LogP contribution >= 0.6 is 0 Å². The summed E-state index contributed by atoms with van der Waals surface area (Å²) in [5.41, 5.74) is -0.834. The molecular formula is C20H17F3N2O3. The Labute approximate surface area is 159 Å². The van der Waals surface area contributed by atoms with Crippen molar-refractivity contribution in [2.45, 2.75) is 19.3 Å². The van der Waals surface area contributed by atoms with Crippen LogP contribution in [0.4, 0.5) is 23.7 Å². The summed E-state index contributed by atoms with van der Waals surface area (Å²) >= 11 is 0. The third-order valence-electron chi connectivity index (χ3n) is 4.04. The van der Waals surface area contributed by atoms with Crippen molar-refractivity contribution in [3.8, 4) is 5.75 Å². The molecule has 2 N–H and O–H groups in total. The fourth-order valence-corrected chi connectivity index (χ4v) is 2.67. The summed E-state index contributed by atoms with van der Waals surface area (Å²) in [6.07, 6.45) is -3.17. The first-order chi connectivity index (χ1) is 13.3. The molecule has 0 saturated heterocycles. The van der Waals surface area contributed by atoms with Gasteiger partial charge in [0.25, 0.3) is 0 Å². The van der Waals surface area contributed by atoms with Gasteiger partial charge in [-0.1, -0.05) is 30.3 Å². The fraction of sp³-hybridized carbons (Fsp3) is 0.150. The van der Waals surface area contributed by atoms with E-state index in [9.17, 15) is 23.1 Å². The highest BCUT2D eigenvalue weighted by atomic mass is 19.4. The number of para-hydroxylation sites is 2. The van der Waals surface area contributed by atoms with E-state index in [2.05, 4.69) is 5.32 Å². The van der Waals surface area contributed by atoms with E-state index >= 15 is 0 Å². The largest absolute Gasteiger partial charge is 0.508 e. The Morgan fingerprint density at radius 2 is 1.71 bits per heavy atom. The van der Waals surface area contributed by atoms with Gasteiger partial charge in [0.2, 0.25) is 0 Å². The number of amides is 2. The molecule has 0 fully saturated rings. The van der Waals surface area contributed by atoms with Crippen molar-refractivity contribution in [2.75, 3.05) is 5.32 Å². The Hall–Kier alpha value is -3.42. The first-order valence-corrected chi connectivity index (χ1v) is 8.36. The van der Waals surface area contributed by atoms with Gasteiger partial charge in [0.1, 0.15) is 11.5 Å². The van der Waals surface area contributed by atoms with E-state index in [1.807, 2.05) is 0 Å². The lowest BCUT2D eigenvalue weighted by Crippen LogP contribution is -2.34. The van der Waals surface area contributed by atoms with Gasteiger partial charge in [0.05, 0.1) is 30.6 Å². The maximum atomic E-state index is 13.2. The van der Waals surface area contributed by atoms with Crippen molar-refractivity contribution < 1.29 is 27.5 Å². The number of phenols is 1. The number of phenolic OH excluding ortho intramolecular Hbond substituents is 1. The van der Waals surface area contributed by atoms with Crippen LogP contribution in [0.2, 0.25) is 0 Å². The molecule has 0 aliphatic rings. The lowest BCUT2D eigenvalue weighted by atomic mass is 10.1. The molecule has 5 nitrogen and oxygen atoms in total. The zero-order valence-corrected chi connectivity index (χ0v) is 14.6. The second-order valence-electron chi connectivity index (χ2n) is 6.04. The summed E-state index contributed by atoms with van der Waals surface area (Å²) < 4.78 is 44.8. The molecule has 2 aromatic carbocycles. The van der Waals surface area contributed by atoms with Crippen molar-refractivity contribution >= 4 is 11.7 Å². The van der Waals surface area contributed by atoms with Crippen molar-refractivity contribution in [1.82, 2.24) is 4.90 Å². The Morgan fingerprint density at radius 1 is 1.00 bits per heavy atom. The molecule has 3 rings (SSSR count). The second kappa shape index (κ2) is 8.08. The average molecular weight is 390 g/mol. The van der Waals surface area contributed by atoms with E-state index in [1.54, 1.807) is 30.3 Å². The van der Waals surface area contributed by atoms with Crippen molar-refractivity contribution in [1.29, 1.82) is 0 Å². The third-order valence-corrected chi connectivity index (χ3v) is 4.04. The molecule has 0 radical (unpaired) electrons. The van der Waals surface area contributed by atoms with Crippen molar-refractivity contribution in [3.05, 3.63) is 83.8 Å². The predicted octanol–water partition coefficient (Wildman–Crippen LogP) is 5.24. The summed E-state index contributed by atoms with van der Waals surface area (Å²) in [4.78, 5) is 14.0. The van der Waals surface area contributed by atoms with Gasteiger partial charge in [-0.25, -0.2) is 4.79 Å². The van der Waals surface area contributed by atoms with E-state index in [4.69, 9.17) is 4.42 Å². The van der Waals surface area contributed by atoms with Crippen LogP contribution in [0.3, 0.4) is 0 Å². The van der Waals surface area contributed by atoms with Crippen LogP contribution in [0.25, 0.3) is 0 Å². The van der Waals surface area contributed by atoms with Gasteiger partial charge >= 0.3 is 12.2 Å². The Balaban J connectivity index is 1.86. The monoisotopic (exact) mass is 390 g/mol. The van der Waals surface area contributed by atoms with Crippen molar-refractivity contribution in [3.63, 3.8) is 0 Å². The number of anilines is 1. The summed E-state index contributed by atoms with van der Waals surface area (Å²) in [6.45, 7) is -0.00521. The van der Waals surface area contributed by atoms with Crippen LogP contribution in [0.1, 0.15) is 16.9 Å². The van der Waals surface area contributed by atoms with Crippen LogP contribution in [-0.2, 0) is 19.3 Å². The molecule has 0 atom stereocenters. The lowest BCUT2D eigenvalue weighted by molar-refractivity contribution is -0.136. The molecule has 0 unspecified atom stereocenters. The summed E-state index contributed by atoms with van der Waals surface area (Å²) in [6, 6.07) is 13.7. The minimum Gasteiger partial charge on any atom is -0.508 e. The summed E-state index contributed by atoms with van der Waals surface area (Å²) in [7, 11) is 0. The molecule has 0 saturated carbocycles. The SMILES string of the molecule is O=C(Nc1ccccc1C(F)(F)F)N(Cc1ccco1)Cc1ccccc1O. The number of furan rings is 1. The standard InChI is InChI=1S/C20H17F3N2O3/c21-20(22,23)16-8-2-3-9-17(16)24-19(27)25(13-15-7-5-11-28-15)12-14-6-1-4-10-18(14)26/h1-11,26H,12-13H2,(H,24,27). The number of benzene rings is 2. The number of halogens is 3. The van der Waals surface area contributed by atoms with E-state index in [0.29, 0.717) is 11.3 Å². The fourth-order valence-electron chi connectivity index (χ4n) is 2.67. The van der Waals surface area contributed by atoms with Gasteiger partial charge in [-0.15, -0.1) is 0 Å². The number of nitrogens with one attached hydrogen (secondary N) is 1. The molecular weight excluding hydrogens is 373 g/mol. The van der Waals surface area contributed by atoms with Crippen LogP contribution in [0.15, 0.2) is 71.3 Å². The average Bonchev–Trinajstić information content (AvgIpc) is 3.15. The van der Waals surface area contributed by atoms with Gasteiger partial charge in [0.15, 0.2) is 0 Å². The zero-order valence-electron chi connectivity index (χ0n) is 14.6. The third kappa shape index (κ3) is 4.64. The Kier molecular flexibility index (Phi) is 5.58. The first kappa shape index (κ1) is 19.3. The van der Waals surface area contributed by atoms with E-state index < -0.39 is 17.8 Å². The predicted molar refractivity (Wildman–Crippen MR) is 96.5 cm³/mol. The molecule has 3 aromatic rings. The number of urea groups is 1. The number of hydrogen-bond acceptors (Lipinski definition) is 3. The second-order valence-corrected chi connectivity index (χ2v) is 6.04. The number of aromatic hydroxyl groups is 1. The highest BCUT2D eigenvalue weighted by Crippen LogP contribution is 2.34. The maximum Gasteiger partial charge on any atom is 0.418 e. The molecule has 1 aromatic heterocycles. The highest BCUT2D eigenvalue weighted by Gasteiger charge is 2.34. The molecule has 0 spiro atoms. The molecule has 28 heavy (non-hydrogen) atoms. The van der Waals surface area contributed by atoms with E-state index in [0.717, 1.165) is 6.07 Å². The first-order valence-electron chi connectivity index (χ1n) is 8.36. The number of carbonyl (C=O) groups is 1. The van der Waals surface area contributed by atoms with Gasteiger partial charge < -0.3 is 19.7 Å². The topological polar surface area (TPSA) is 65.7 Å². The lowest BCUT2D eigenvalue weighted by Gasteiger charge is -2.24. The normalized spacial score (nSPS) is 11.2. The quantitative estimate of drug-likeness (QED) is 0.626. The van der Waals surface area contributed by atoms with Gasteiger partial charge in [-0.3, -0.25) is 0 Å². The molecule has 2 amide bonds. The minimum absolute atomic E-state index is 0.0152. The van der Waals surface area contributed by atoms with Gasteiger partial charge in [0, 0.05) is 5.56 Å².